The first kappa shape index (κ1) is 13.5. The van der Waals surface area contributed by atoms with Crippen LogP contribution in [0, 0.1) is 5.92 Å². The molecule has 0 saturated heterocycles. The third-order valence-electron chi connectivity index (χ3n) is 2.91. The van der Waals surface area contributed by atoms with Crippen LogP contribution in [-0.2, 0) is 4.74 Å². The van der Waals surface area contributed by atoms with E-state index in [-0.39, 0.29) is 18.4 Å². The van der Waals surface area contributed by atoms with Gasteiger partial charge in [0.05, 0.1) is 24.3 Å². The molecule has 2 amide bonds. The highest BCUT2D eigenvalue weighted by Crippen LogP contribution is 2.24. The Labute approximate surface area is 112 Å². The third kappa shape index (κ3) is 2.76. The Morgan fingerprint density at radius 1 is 1.21 bits per heavy atom. The van der Waals surface area contributed by atoms with E-state index in [9.17, 15) is 9.59 Å². The molecule has 1 heterocycles. The molecule has 2 rings (SSSR count). The van der Waals surface area contributed by atoms with E-state index in [4.69, 9.17) is 10.5 Å². The lowest BCUT2D eigenvalue weighted by molar-refractivity contribution is 0.0535. The van der Waals surface area contributed by atoms with Crippen molar-refractivity contribution < 1.29 is 14.3 Å². The molecule has 0 saturated carbocycles. The van der Waals surface area contributed by atoms with Crippen molar-refractivity contribution in [2.45, 2.75) is 13.8 Å². The monoisotopic (exact) mass is 262 g/mol. The highest BCUT2D eigenvalue weighted by molar-refractivity contribution is 6.21. The average molecular weight is 262 g/mol. The van der Waals surface area contributed by atoms with Crippen LogP contribution >= 0.6 is 0 Å². The Morgan fingerprint density at radius 2 is 1.89 bits per heavy atom. The summed E-state index contributed by atoms with van der Waals surface area (Å²) in [6.45, 7) is 5.35. The predicted octanol–water partition coefficient (Wildman–Crippen LogP) is 1.54. The number of nitrogen functional groups attached to an aromatic ring is 1. The molecule has 0 atom stereocenters. The summed E-state index contributed by atoms with van der Waals surface area (Å²) in [6, 6.07) is 4.77. The van der Waals surface area contributed by atoms with Crippen molar-refractivity contribution in [2.75, 3.05) is 25.5 Å². The maximum Gasteiger partial charge on any atom is 0.261 e. The van der Waals surface area contributed by atoms with Gasteiger partial charge < -0.3 is 10.5 Å². The van der Waals surface area contributed by atoms with Gasteiger partial charge in [-0.25, -0.2) is 0 Å². The van der Waals surface area contributed by atoms with Crippen molar-refractivity contribution in [1.82, 2.24) is 4.90 Å². The molecule has 0 aliphatic carbocycles. The Balaban J connectivity index is 2.02. The van der Waals surface area contributed by atoms with Gasteiger partial charge in [-0.2, -0.15) is 0 Å². The van der Waals surface area contributed by atoms with Gasteiger partial charge in [-0.3, -0.25) is 14.5 Å². The predicted molar refractivity (Wildman–Crippen MR) is 71.9 cm³/mol. The van der Waals surface area contributed by atoms with Crippen molar-refractivity contribution in [1.29, 1.82) is 0 Å². The van der Waals surface area contributed by atoms with E-state index < -0.39 is 0 Å². The zero-order valence-corrected chi connectivity index (χ0v) is 11.2. The van der Waals surface area contributed by atoms with Crippen LogP contribution < -0.4 is 5.73 Å². The summed E-state index contributed by atoms with van der Waals surface area (Å²) in [5.41, 5.74) is 6.92. The smallest absolute Gasteiger partial charge is 0.261 e. The first-order valence-electron chi connectivity index (χ1n) is 6.34. The van der Waals surface area contributed by atoms with Crippen LogP contribution in [0.1, 0.15) is 34.6 Å². The van der Waals surface area contributed by atoms with Crippen LogP contribution in [0.25, 0.3) is 0 Å². The van der Waals surface area contributed by atoms with E-state index >= 15 is 0 Å². The first-order valence-corrected chi connectivity index (χ1v) is 6.34. The molecule has 5 nitrogen and oxygen atoms in total. The molecule has 102 valence electrons. The van der Waals surface area contributed by atoms with E-state index in [0.29, 0.717) is 35.9 Å². The standard InChI is InChI=1S/C14H18N2O3/c1-9(2)8-19-6-5-16-13(17)11-4-3-10(15)7-12(11)14(16)18/h3-4,7,9H,5-6,8,15H2,1-2H3. The summed E-state index contributed by atoms with van der Waals surface area (Å²) in [4.78, 5) is 25.3. The van der Waals surface area contributed by atoms with Gasteiger partial charge in [-0.05, 0) is 24.1 Å². The number of rotatable bonds is 5. The van der Waals surface area contributed by atoms with Crippen LogP contribution in [-0.4, -0.2) is 36.5 Å². The number of nitrogens with two attached hydrogens (primary N) is 1. The van der Waals surface area contributed by atoms with E-state index in [2.05, 4.69) is 0 Å². The van der Waals surface area contributed by atoms with Gasteiger partial charge in [0, 0.05) is 12.3 Å². The molecule has 0 fully saturated rings. The van der Waals surface area contributed by atoms with Crippen LogP contribution in [0.15, 0.2) is 18.2 Å². The lowest BCUT2D eigenvalue weighted by Crippen LogP contribution is -2.33. The maximum atomic E-state index is 12.1. The number of benzene rings is 1. The van der Waals surface area contributed by atoms with E-state index in [1.807, 2.05) is 13.8 Å². The second kappa shape index (κ2) is 5.40. The fourth-order valence-electron chi connectivity index (χ4n) is 1.99. The van der Waals surface area contributed by atoms with Gasteiger partial charge in [0.2, 0.25) is 0 Å². The molecule has 0 radical (unpaired) electrons. The summed E-state index contributed by atoms with van der Waals surface area (Å²) in [5.74, 6) is -0.129. The van der Waals surface area contributed by atoms with E-state index in [0.717, 1.165) is 0 Å². The van der Waals surface area contributed by atoms with Crippen LogP contribution in [0.3, 0.4) is 0 Å². The number of anilines is 1. The number of hydrogen-bond donors (Lipinski definition) is 1. The van der Waals surface area contributed by atoms with Crippen molar-refractivity contribution in [3.63, 3.8) is 0 Å². The zero-order valence-electron chi connectivity index (χ0n) is 11.2. The van der Waals surface area contributed by atoms with Gasteiger partial charge in [0.15, 0.2) is 0 Å². The van der Waals surface area contributed by atoms with Gasteiger partial charge in [-0.15, -0.1) is 0 Å². The number of ether oxygens (including phenoxy) is 1. The molecule has 1 aliphatic heterocycles. The zero-order chi connectivity index (χ0) is 14.0. The number of carbonyl (C=O) groups excluding carboxylic acids is 2. The summed E-state index contributed by atoms with van der Waals surface area (Å²) < 4.78 is 5.41. The normalized spacial score (nSPS) is 14.4. The number of amides is 2. The van der Waals surface area contributed by atoms with Crippen LogP contribution in [0.2, 0.25) is 0 Å². The SMILES string of the molecule is CC(C)COCCN1C(=O)c2ccc(N)cc2C1=O. The number of carbonyl (C=O) groups is 2. The van der Waals surface area contributed by atoms with Gasteiger partial charge in [-0.1, -0.05) is 13.8 Å². The number of imide groups is 1. The number of fused-ring (bicyclic) bond motifs is 1. The van der Waals surface area contributed by atoms with Crippen molar-refractivity contribution in [3.05, 3.63) is 29.3 Å². The Bertz CT molecular complexity index is 511. The van der Waals surface area contributed by atoms with Gasteiger partial charge >= 0.3 is 0 Å². The van der Waals surface area contributed by atoms with Crippen LogP contribution in [0.4, 0.5) is 5.69 Å². The number of nitrogens with zero attached hydrogens (tertiary/aromatic N) is 1. The van der Waals surface area contributed by atoms with Crippen LogP contribution in [0.5, 0.6) is 0 Å². The third-order valence-corrected chi connectivity index (χ3v) is 2.91. The fourth-order valence-corrected chi connectivity index (χ4v) is 1.99. The van der Waals surface area contributed by atoms with E-state index in [1.165, 1.54) is 4.90 Å². The second-order valence-corrected chi connectivity index (χ2v) is 5.04. The molecule has 0 spiro atoms. The van der Waals surface area contributed by atoms with Crippen molar-refractivity contribution >= 4 is 17.5 Å². The molecular formula is C14H18N2O3. The highest BCUT2D eigenvalue weighted by atomic mass is 16.5. The largest absolute Gasteiger partial charge is 0.399 e. The Hall–Kier alpha value is -1.88. The quantitative estimate of drug-likeness (QED) is 0.496. The van der Waals surface area contributed by atoms with E-state index in [1.54, 1.807) is 18.2 Å². The maximum absolute atomic E-state index is 12.1. The molecule has 19 heavy (non-hydrogen) atoms. The minimum atomic E-state index is -0.291. The molecule has 1 aromatic carbocycles. The topological polar surface area (TPSA) is 72.6 Å². The van der Waals surface area contributed by atoms with Gasteiger partial charge in [0.25, 0.3) is 11.8 Å². The van der Waals surface area contributed by atoms with Crippen molar-refractivity contribution in [3.8, 4) is 0 Å². The first-order chi connectivity index (χ1) is 9.00. The number of hydrogen-bond acceptors (Lipinski definition) is 4. The molecule has 1 aromatic rings. The summed E-state index contributed by atoms with van der Waals surface area (Å²) in [5, 5.41) is 0. The molecule has 2 N–H and O–H groups in total. The molecule has 5 heteroatoms. The molecule has 0 bridgehead atoms. The molecule has 1 aliphatic rings. The summed E-state index contributed by atoms with van der Waals surface area (Å²) in [6.07, 6.45) is 0. The molecule has 0 unspecified atom stereocenters. The highest BCUT2D eigenvalue weighted by Gasteiger charge is 2.35. The Kier molecular flexibility index (Phi) is 3.85. The lowest BCUT2D eigenvalue weighted by atomic mass is 10.1. The summed E-state index contributed by atoms with van der Waals surface area (Å²) >= 11 is 0. The molecular weight excluding hydrogens is 244 g/mol. The fraction of sp³-hybridized carbons (Fsp3) is 0.429. The second-order valence-electron chi connectivity index (χ2n) is 5.04. The average Bonchev–Trinajstić information content (AvgIpc) is 2.58. The minimum absolute atomic E-state index is 0.270. The van der Waals surface area contributed by atoms with Crippen molar-refractivity contribution in [2.24, 2.45) is 5.92 Å². The summed E-state index contributed by atoms with van der Waals surface area (Å²) in [7, 11) is 0. The Morgan fingerprint density at radius 3 is 2.58 bits per heavy atom. The molecule has 0 aromatic heterocycles. The lowest BCUT2D eigenvalue weighted by Gasteiger charge is -2.14. The van der Waals surface area contributed by atoms with Gasteiger partial charge in [0.1, 0.15) is 0 Å². The minimum Gasteiger partial charge on any atom is -0.399 e.